The summed E-state index contributed by atoms with van der Waals surface area (Å²) in [6, 6.07) is 5.03. The van der Waals surface area contributed by atoms with Crippen LogP contribution in [-0.2, 0) is 11.4 Å². The van der Waals surface area contributed by atoms with Gasteiger partial charge in [-0.1, -0.05) is 12.1 Å². The van der Waals surface area contributed by atoms with E-state index in [2.05, 4.69) is 9.97 Å². The molecule has 116 valence electrons. The fourth-order valence-corrected chi connectivity index (χ4v) is 1.41. The van der Waals surface area contributed by atoms with Crippen LogP contribution in [0.1, 0.15) is 5.56 Å². The van der Waals surface area contributed by atoms with E-state index in [1.807, 2.05) is 0 Å². The number of nitrogens with zero attached hydrogens (tertiary/aromatic N) is 2. The topological polar surface area (TPSA) is 64.1 Å². The number of ether oxygens (including phenoxy) is 1. The first-order chi connectivity index (χ1) is 10.5. The highest BCUT2D eigenvalue weighted by atomic mass is 19.3. The molecule has 0 aliphatic heterocycles. The van der Waals surface area contributed by atoms with E-state index < -0.39 is 29.8 Å². The largest absolute Gasteiger partial charge is 0.459 e. The van der Waals surface area contributed by atoms with Crippen molar-refractivity contribution in [3.8, 4) is 6.01 Å². The molecule has 9 heteroatoms. The molecule has 1 heterocycles. The summed E-state index contributed by atoms with van der Waals surface area (Å²) < 4.78 is 55.4. The number of benzene rings is 1. The van der Waals surface area contributed by atoms with Crippen LogP contribution in [-0.4, -0.2) is 22.3 Å². The van der Waals surface area contributed by atoms with Gasteiger partial charge in [0.15, 0.2) is 11.6 Å². The van der Waals surface area contributed by atoms with Crippen molar-refractivity contribution in [1.29, 1.82) is 0 Å². The SMILES string of the molecule is O=C(Nc1nc(OCc2ccc(F)cc2)ncc1F)C(F)F. The van der Waals surface area contributed by atoms with Crippen molar-refractivity contribution in [3.05, 3.63) is 47.7 Å². The molecule has 22 heavy (non-hydrogen) atoms. The number of amides is 1. The summed E-state index contributed by atoms with van der Waals surface area (Å²) in [7, 11) is 0. The van der Waals surface area contributed by atoms with Gasteiger partial charge in [-0.2, -0.15) is 13.8 Å². The molecule has 0 saturated carbocycles. The van der Waals surface area contributed by atoms with Crippen LogP contribution in [0.4, 0.5) is 23.4 Å². The predicted octanol–water partition coefficient (Wildman–Crippen LogP) is 2.54. The number of aromatic nitrogens is 2. The number of hydrogen-bond donors (Lipinski definition) is 1. The van der Waals surface area contributed by atoms with Crippen LogP contribution in [0.25, 0.3) is 0 Å². The number of anilines is 1. The Kier molecular flexibility index (Phi) is 4.87. The number of halogens is 4. The fourth-order valence-electron chi connectivity index (χ4n) is 1.41. The number of nitrogens with one attached hydrogen (secondary N) is 1. The van der Waals surface area contributed by atoms with Gasteiger partial charge in [0.2, 0.25) is 0 Å². The van der Waals surface area contributed by atoms with Gasteiger partial charge in [-0.15, -0.1) is 0 Å². The first-order valence-electron chi connectivity index (χ1n) is 5.94. The molecule has 1 aromatic carbocycles. The number of carbonyl (C=O) groups is 1. The van der Waals surface area contributed by atoms with Crippen LogP contribution >= 0.6 is 0 Å². The summed E-state index contributed by atoms with van der Waals surface area (Å²) in [4.78, 5) is 17.8. The second-order valence-electron chi connectivity index (χ2n) is 4.05. The standard InChI is InChI=1S/C13H9F4N3O2/c14-8-3-1-7(2-4-8)6-22-13-18-5-9(15)11(20-13)19-12(21)10(16)17/h1-5,10H,6H2,(H,18,19,20,21). The van der Waals surface area contributed by atoms with E-state index in [9.17, 15) is 22.4 Å². The van der Waals surface area contributed by atoms with Gasteiger partial charge in [0.05, 0.1) is 6.20 Å². The Labute approximate surface area is 122 Å². The fraction of sp³-hybridized carbons (Fsp3) is 0.154. The molecule has 0 fully saturated rings. The molecular formula is C13H9F4N3O2. The van der Waals surface area contributed by atoms with E-state index in [0.29, 0.717) is 11.8 Å². The second kappa shape index (κ2) is 6.83. The van der Waals surface area contributed by atoms with Crippen LogP contribution in [0.5, 0.6) is 6.01 Å². The average Bonchev–Trinajstić information content (AvgIpc) is 2.49. The summed E-state index contributed by atoms with van der Waals surface area (Å²) >= 11 is 0. The normalized spacial score (nSPS) is 10.6. The monoisotopic (exact) mass is 315 g/mol. The van der Waals surface area contributed by atoms with Crippen molar-refractivity contribution in [1.82, 2.24) is 9.97 Å². The lowest BCUT2D eigenvalue weighted by atomic mass is 10.2. The van der Waals surface area contributed by atoms with Crippen LogP contribution < -0.4 is 10.1 Å². The molecule has 0 unspecified atom stereocenters. The quantitative estimate of drug-likeness (QED) is 0.861. The van der Waals surface area contributed by atoms with E-state index in [4.69, 9.17) is 4.74 Å². The van der Waals surface area contributed by atoms with Gasteiger partial charge in [0, 0.05) is 0 Å². The number of hydrogen-bond acceptors (Lipinski definition) is 4. The zero-order valence-electron chi connectivity index (χ0n) is 10.9. The lowest BCUT2D eigenvalue weighted by Gasteiger charge is -2.08. The van der Waals surface area contributed by atoms with Crippen molar-refractivity contribution in [2.24, 2.45) is 0 Å². The maximum absolute atomic E-state index is 13.3. The molecule has 0 saturated heterocycles. The van der Waals surface area contributed by atoms with E-state index in [0.717, 1.165) is 0 Å². The van der Waals surface area contributed by atoms with Gasteiger partial charge in [-0.05, 0) is 17.7 Å². The molecule has 1 amide bonds. The van der Waals surface area contributed by atoms with Crippen LogP contribution in [0.2, 0.25) is 0 Å². The molecule has 1 N–H and O–H groups in total. The highest BCUT2D eigenvalue weighted by Crippen LogP contribution is 2.15. The summed E-state index contributed by atoms with van der Waals surface area (Å²) in [6.45, 7) is -0.0475. The molecule has 0 radical (unpaired) electrons. The van der Waals surface area contributed by atoms with Crippen molar-refractivity contribution >= 4 is 11.7 Å². The summed E-state index contributed by atoms with van der Waals surface area (Å²) in [6.07, 6.45) is -2.63. The minimum absolute atomic E-state index is 0.0475. The Hall–Kier alpha value is -2.71. The first kappa shape index (κ1) is 15.7. The number of alkyl halides is 2. The lowest BCUT2D eigenvalue weighted by molar-refractivity contribution is -0.126. The molecular weight excluding hydrogens is 306 g/mol. The molecule has 0 spiro atoms. The predicted molar refractivity (Wildman–Crippen MR) is 67.4 cm³/mol. The van der Waals surface area contributed by atoms with Gasteiger partial charge >= 0.3 is 12.4 Å². The lowest BCUT2D eigenvalue weighted by Crippen LogP contribution is -2.21. The summed E-state index contributed by atoms with van der Waals surface area (Å²) in [5.74, 6) is -3.90. The Morgan fingerprint density at radius 2 is 1.91 bits per heavy atom. The number of rotatable bonds is 5. The van der Waals surface area contributed by atoms with Gasteiger partial charge in [-0.3, -0.25) is 4.79 Å². The first-order valence-corrected chi connectivity index (χ1v) is 5.94. The van der Waals surface area contributed by atoms with Crippen molar-refractivity contribution < 1.29 is 27.1 Å². The van der Waals surface area contributed by atoms with E-state index in [1.165, 1.54) is 24.3 Å². The molecule has 0 bridgehead atoms. The maximum Gasteiger partial charge on any atom is 0.318 e. The molecule has 2 rings (SSSR count). The minimum Gasteiger partial charge on any atom is -0.459 e. The van der Waals surface area contributed by atoms with Crippen LogP contribution in [0.15, 0.2) is 30.5 Å². The highest BCUT2D eigenvalue weighted by molar-refractivity contribution is 5.92. The van der Waals surface area contributed by atoms with Crippen LogP contribution in [0, 0.1) is 11.6 Å². The average molecular weight is 315 g/mol. The van der Waals surface area contributed by atoms with Crippen molar-refractivity contribution in [2.45, 2.75) is 13.0 Å². The highest BCUT2D eigenvalue weighted by Gasteiger charge is 2.18. The Morgan fingerprint density at radius 3 is 2.55 bits per heavy atom. The molecule has 0 aliphatic carbocycles. The van der Waals surface area contributed by atoms with E-state index in [-0.39, 0.29) is 12.6 Å². The van der Waals surface area contributed by atoms with Crippen LogP contribution in [0.3, 0.4) is 0 Å². The Bertz CT molecular complexity index is 665. The Balaban J connectivity index is 2.05. The van der Waals surface area contributed by atoms with Gasteiger partial charge in [-0.25, -0.2) is 13.8 Å². The van der Waals surface area contributed by atoms with Gasteiger partial charge in [0.25, 0.3) is 5.91 Å². The molecule has 5 nitrogen and oxygen atoms in total. The molecule has 0 aliphatic rings. The van der Waals surface area contributed by atoms with E-state index in [1.54, 1.807) is 5.32 Å². The maximum atomic E-state index is 13.3. The molecule has 2 aromatic rings. The molecule has 1 aromatic heterocycles. The summed E-state index contributed by atoms with van der Waals surface area (Å²) in [5.41, 5.74) is 0.590. The zero-order chi connectivity index (χ0) is 16.1. The molecule has 0 atom stereocenters. The smallest absolute Gasteiger partial charge is 0.318 e. The Morgan fingerprint density at radius 1 is 1.23 bits per heavy atom. The minimum atomic E-state index is -3.31. The number of carbonyl (C=O) groups excluding carboxylic acids is 1. The van der Waals surface area contributed by atoms with Gasteiger partial charge < -0.3 is 10.1 Å². The van der Waals surface area contributed by atoms with Crippen molar-refractivity contribution in [3.63, 3.8) is 0 Å². The summed E-state index contributed by atoms with van der Waals surface area (Å²) in [5, 5.41) is 1.61. The second-order valence-corrected chi connectivity index (χ2v) is 4.05. The van der Waals surface area contributed by atoms with Gasteiger partial charge in [0.1, 0.15) is 12.4 Å². The zero-order valence-corrected chi connectivity index (χ0v) is 10.9. The third kappa shape index (κ3) is 4.14. The third-order valence-electron chi connectivity index (χ3n) is 2.44. The van der Waals surface area contributed by atoms with Crippen molar-refractivity contribution in [2.75, 3.05) is 5.32 Å². The van der Waals surface area contributed by atoms with E-state index >= 15 is 0 Å². The third-order valence-corrected chi connectivity index (χ3v) is 2.44.